The van der Waals surface area contributed by atoms with Crippen LogP contribution in [0, 0.1) is 5.92 Å². The molecule has 160 valence electrons. The number of amides is 1. The number of hydrogen-bond donors (Lipinski definition) is 2. The molecule has 0 fully saturated rings. The van der Waals surface area contributed by atoms with Crippen molar-refractivity contribution in [3.63, 3.8) is 0 Å². The van der Waals surface area contributed by atoms with Crippen molar-refractivity contribution < 1.29 is 14.7 Å². The van der Waals surface area contributed by atoms with Crippen LogP contribution in [0.4, 0.5) is 5.69 Å². The first-order chi connectivity index (χ1) is 14.9. The first-order valence-electron chi connectivity index (χ1n) is 10.5. The Labute approximate surface area is 187 Å². The first kappa shape index (κ1) is 21.2. The Balaban J connectivity index is 1.65. The van der Waals surface area contributed by atoms with E-state index in [2.05, 4.69) is 10.2 Å². The van der Waals surface area contributed by atoms with Crippen molar-refractivity contribution in [1.29, 1.82) is 0 Å². The molecule has 1 aliphatic heterocycles. The van der Waals surface area contributed by atoms with Gasteiger partial charge in [-0.3, -0.25) is 4.79 Å². The molecule has 2 aliphatic rings. The molecule has 1 heterocycles. The van der Waals surface area contributed by atoms with Crippen molar-refractivity contribution in [3.8, 4) is 0 Å². The number of aliphatic carboxylic acids is 1. The van der Waals surface area contributed by atoms with Crippen LogP contribution >= 0.6 is 11.6 Å². The van der Waals surface area contributed by atoms with Crippen molar-refractivity contribution in [2.45, 2.75) is 31.8 Å². The molecule has 1 amide bonds. The van der Waals surface area contributed by atoms with E-state index in [4.69, 9.17) is 11.6 Å². The van der Waals surface area contributed by atoms with Gasteiger partial charge in [-0.2, -0.15) is 0 Å². The maximum Gasteiger partial charge on any atom is 0.334 e. The number of nitrogens with one attached hydrogen (secondary N) is 1. The van der Waals surface area contributed by atoms with Crippen molar-refractivity contribution in [3.05, 3.63) is 88.5 Å². The Hall–Kier alpha value is -3.05. The van der Waals surface area contributed by atoms with Gasteiger partial charge in [0.2, 0.25) is 0 Å². The number of carbonyl (C=O) groups is 2. The van der Waals surface area contributed by atoms with Gasteiger partial charge in [0.05, 0.1) is 11.3 Å². The van der Waals surface area contributed by atoms with Crippen molar-refractivity contribution in [2.24, 2.45) is 5.92 Å². The Bertz CT molecular complexity index is 1060. The van der Waals surface area contributed by atoms with Gasteiger partial charge in [0.25, 0.3) is 5.91 Å². The van der Waals surface area contributed by atoms with E-state index in [9.17, 15) is 14.7 Å². The molecule has 4 rings (SSSR count). The topological polar surface area (TPSA) is 69.6 Å². The summed E-state index contributed by atoms with van der Waals surface area (Å²) >= 11 is 6.01. The number of nitrogens with zero attached hydrogens (tertiary/aromatic N) is 1. The van der Waals surface area contributed by atoms with Crippen LogP contribution in [0.3, 0.4) is 0 Å². The highest BCUT2D eigenvalue weighted by atomic mass is 35.5. The summed E-state index contributed by atoms with van der Waals surface area (Å²) in [5.74, 6) is -1.75. The lowest BCUT2D eigenvalue weighted by Crippen LogP contribution is -2.58. The average Bonchev–Trinajstić information content (AvgIpc) is 3.18. The SMILES string of the molecule is CCC1C=CC=CC1(NC(=O)c1cccc2c1N(Cc1ccc(Cl)cc1)CC2)C(=O)O. The molecule has 0 spiro atoms. The summed E-state index contributed by atoms with van der Waals surface area (Å²) in [6.45, 7) is 3.37. The molecule has 0 radical (unpaired) electrons. The molecular weight excluding hydrogens is 412 g/mol. The fraction of sp³-hybridized carbons (Fsp3) is 0.280. The second kappa shape index (κ2) is 8.60. The molecule has 31 heavy (non-hydrogen) atoms. The summed E-state index contributed by atoms with van der Waals surface area (Å²) in [5.41, 5.74) is 2.11. The first-order valence-corrected chi connectivity index (χ1v) is 10.9. The summed E-state index contributed by atoms with van der Waals surface area (Å²) in [7, 11) is 0. The van der Waals surface area contributed by atoms with Crippen LogP contribution in [0.1, 0.15) is 34.8 Å². The standard InChI is InChI=1S/C25H25ClN2O3/c1-2-19-7-3-4-14-25(19,24(30)31)27-23(29)21-8-5-6-18-13-15-28(22(18)21)16-17-9-11-20(26)12-10-17/h3-12,14,19H,2,13,15-16H2,1H3,(H,27,29)(H,30,31). The summed E-state index contributed by atoms with van der Waals surface area (Å²) in [4.78, 5) is 27.8. The van der Waals surface area contributed by atoms with Gasteiger partial charge in [0.1, 0.15) is 0 Å². The van der Waals surface area contributed by atoms with E-state index >= 15 is 0 Å². The van der Waals surface area contributed by atoms with Crippen LogP contribution in [0.5, 0.6) is 0 Å². The van der Waals surface area contributed by atoms with Crippen molar-refractivity contribution in [1.82, 2.24) is 5.32 Å². The van der Waals surface area contributed by atoms with E-state index in [1.807, 2.05) is 55.5 Å². The van der Waals surface area contributed by atoms with E-state index in [0.29, 0.717) is 23.6 Å². The second-order valence-electron chi connectivity index (χ2n) is 8.00. The number of fused-ring (bicyclic) bond motifs is 1. The zero-order chi connectivity index (χ0) is 22.0. The minimum Gasteiger partial charge on any atom is -0.479 e. The van der Waals surface area contributed by atoms with E-state index < -0.39 is 11.5 Å². The fourth-order valence-electron chi connectivity index (χ4n) is 4.50. The summed E-state index contributed by atoms with van der Waals surface area (Å²) in [6, 6.07) is 13.3. The van der Waals surface area contributed by atoms with Crippen LogP contribution in [-0.2, 0) is 17.8 Å². The number of carbonyl (C=O) groups excluding carboxylic acids is 1. The molecule has 2 N–H and O–H groups in total. The van der Waals surface area contributed by atoms with Gasteiger partial charge in [0, 0.05) is 24.0 Å². The van der Waals surface area contributed by atoms with Gasteiger partial charge in [-0.15, -0.1) is 0 Å². The monoisotopic (exact) mass is 436 g/mol. The van der Waals surface area contributed by atoms with E-state index in [-0.39, 0.29) is 11.8 Å². The molecule has 5 nitrogen and oxygen atoms in total. The van der Waals surface area contributed by atoms with Crippen LogP contribution in [0.25, 0.3) is 0 Å². The maximum absolute atomic E-state index is 13.4. The lowest BCUT2D eigenvalue weighted by molar-refractivity contribution is -0.144. The number of benzene rings is 2. The number of para-hydroxylation sites is 1. The number of carboxylic acid groups (broad SMARTS) is 1. The predicted molar refractivity (Wildman–Crippen MR) is 123 cm³/mol. The van der Waals surface area contributed by atoms with Gasteiger partial charge in [-0.25, -0.2) is 4.79 Å². The van der Waals surface area contributed by atoms with Crippen LogP contribution in [-0.4, -0.2) is 29.1 Å². The van der Waals surface area contributed by atoms with E-state index in [0.717, 1.165) is 29.8 Å². The molecule has 2 aromatic rings. The third-order valence-electron chi connectivity index (χ3n) is 6.13. The number of hydrogen-bond acceptors (Lipinski definition) is 3. The minimum atomic E-state index is -1.46. The normalized spacial score (nSPS) is 21.7. The largest absolute Gasteiger partial charge is 0.479 e. The highest BCUT2D eigenvalue weighted by Gasteiger charge is 2.44. The summed E-state index contributed by atoms with van der Waals surface area (Å²) in [6.07, 6.45) is 8.38. The quantitative estimate of drug-likeness (QED) is 0.693. The Morgan fingerprint density at radius 2 is 1.97 bits per heavy atom. The summed E-state index contributed by atoms with van der Waals surface area (Å²) < 4.78 is 0. The number of halogens is 1. The van der Waals surface area contributed by atoms with Gasteiger partial charge >= 0.3 is 5.97 Å². The molecule has 0 saturated heterocycles. The Morgan fingerprint density at radius 3 is 2.68 bits per heavy atom. The molecular formula is C25H25ClN2O3. The zero-order valence-corrected chi connectivity index (χ0v) is 18.1. The van der Waals surface area contributed by atoms with Crippen LogP contribution in [0.2, 0.25) is 5.02 Å². The minimum absolute atomic E-state index is 0.319. The molecule has 2 unspecified atom stereocenters. The maximum atomic E-state index is 13.4. The highest BCUT2D eigenvalue weighted by Crippen LogP contribution is 2.35. The lowest BCUT2D eigenvalue weighted by Gasteiger charge is -2.35. The number of allylic oxidation sites excluding steroid dienone is 2. The third kappa shape index (κ3) is 3.98. The molecule has 2 aromatic carbocycles. The van der Waals surface area contributed by atoms with Gasteiger partial charge < -0.3 is 15.3 Å². The lowest BCUT2D eigenvalue weighted by atomic mass is 9.78. The molecule has 0 saturated carbocycles. The van der Waals surface area contributed by atoms with Crippen molar-refractivity contribution >= 4 is 29.2 Å². The molecule has 2 atom stereocenters. The van der Waals surface area contributed by atoms with Crippen molar-refractivity contribution in [2.75, 3.05) is 11.4 Å². The van der Waals surface area contributed by atoms with Crippen LogP contribution < -0.4 is 10.2 Å². The molecule has 6 heteroatoms. The number of rotatable bonds is 6. The molecule has 0 aromatic heterocycles. The number of carboxylic acids is 1. The summed E-state index contributed by atoms with van der Waals surface area (Å²) in [5, 5.41) is 13.6. The van der Waals surface area contributed by atoms with E-state index in [1.54, 1.807) is 18.2 Å². The second-order valence-corrected chi connectivity index (χ2v) is 8.43. The molecule has 0 bridgehead atoms. The third-order valence-corrected chi connectivity index (χ3v) is 6.38. The average molecular weight is 437 g/mol. The fourth-order valence-corrected chi connectivity index (χ4v) is 4.62. The van der Waals surface area contributed by atoms with Gasteiger partial charge in [-0.1, -0.05) is 61.0 Å². The zero-order valence-electron chi connectivity index (χ0n) is 17.3. The van der Waals surface area contributed by atoms with Crippen LogP contribution in [0.15, 0.2) is 66.8 Å². The van der Waals surface area contributed by atoms with Gasteiger partial charge in [0.15, 0.2) is 5.54 Å². The Morgan fingerprint density at radius 1 is 1.19 bits per heavy atom. The van der Waals surface area contributed by atoms with Gasteiger partial charge in [-0.05, 0) is 48.2 Å². The highest BCUT2D eigenvalue weighted by molar-refractivity contribution is 6.30. The Kier molecular flexibility index (Phi) is 5.88. The predicted octanol–water partition coefficient (Wildman–Crippen LogP) is 4.61. The van der Waals surface area contributed by atoms with E-state index in [1.165, 1.54) is 0 Å². The smallest absolute Gasteiger partial charge is 0.334 e. The molecule has 1 aliphatic carbocycles. The number of anilines is 1.